The van der Waals surface area contributed by atoms with Gasteiger partial charge in [0.1, 0.15) is 5.92 Å². The Hall–Kier alpha value is -2.37. The number of carboxylic acids is 1. The molecule has 2 aliphatic heterocycles. The van der Waals surface area contributed by atoms with Gasteiger partial charge in [-0.25, -0.2) is 0 Å². The van der Waals surface area contributed by atoms with E-state index in [1.54, 1.807) is 9.80 Å². The molecule has 6 nitrogen and oxygen atoms in total. The van der Waals surface area contributed by atoms with Crippen molar-refractivity contribution >= 4 is 23.5 Å². The highest BCUT2D eigenvalue weighted by Crippen LogP contribution is 2.29. The number of hydrogen-bond donors (Lipinski definition) is 1. The van der Waals surface area contributed by atoms with Gasteiger partial charge in [-0.3, -0.25) is 14.4 Å². The van der Waals surface area contributed by atoms with Gasteiger partial charge in [0.2, 0.25) is 11.8 Å². The maximum atomic E-state index is 12.8. The molecule has 0 aromatic heterocycles. The van der Waals surface area contributed by atoms with Crippen LogP contribution in [-0.2, 0) is 14.4 Å². The summed E-state index contributed by atoms with van der Waals surface area (Å²) in [5.41, 5.74) is 3.00. The Labute approximate surface area is 147 Å². The van der Waals surface area contributed by atoms with Crippen molar-refractivity contribution in [3.8, 4) is 0 Å². The van der Waals surface area contributed by atoms with E-state index in [1.165, 1.54) is 0 Å². The van der Waals surface area contributed by atoms with Crippen molar-refractivity contribution in [1.82, 2.24) is 4.90 Å². The number of likely N-dealkylation sites (tertiary alicyclic amines) is 1. The van der Waals surface area contributed by atoms with Gasteiger partial charge in [0.25, 0.3) is 0 Å². The van der Waals surface area contributed by atoms with Crippen LogP contribution in [0.2, 0.25) is 0 Å². The van der Waals surface area contributed by atoms with E-state index in [0.29, 0.717) is 32.4 Å². The summed E-state index contributed by atoms with van der Waals surface area (Å²) in [5, 5.41) is 9.18. The largest absolute Gasteiger partial charge is 0.481 e. The predicted octanol–water partition coefficient (Wildman–Crippen LogP) is 1.98. The Bertz CT molecular complexity index is 695. The first-order valence-electron chi connectivity index (χ1n) is 8.78. The first kappa shape index (κ1) is 17.5. The molecule has 2 aliphatic rings. The van der Waals surface area contributed by atoms with Gasteiger partial charge in [-0.2, -0.15) is 0 Å². The van der Waals surface area contributed by atoms with Gasteiger partial charge in [-0.05, 0) is 56.4 Å². The summed E-state index contributed by atoms with van der Waals surface area (Å²) in [5.74, 6) is -2.47. The zero-order chi connectivity index (χ0) is 18.1. The summed E-state index contributed by atoms with van der Waals surface area (Å²) in [6.45, 7) is 5.24. The van der Waals surface area contributed by atoms with Crippen molar-refractivity contribution < 1.29 is 19.5 Å². The molecule has 0 spiro atoms. The van der Waals surface area contributed by atoms with E-state index in [1.807, 2.05) is 32.0 Å². The van der Waals surface area contributed by atoms with Crippen LogP contribution in [0.5, 0.6) is 0 Å². The Kier molecular flexibility index (Phi) is 4.79. The Balaban J connectivity index is 1.73. The molecule has 2 saturated heterocycles. The molecule has 1 aromatic rings. The van der Waals surface area contributed by atoms with Crippen LogP contribution in [0.15, 0.2) is 18.2 Å². The fraction of sp³-hybridized carbons (Fsp3) is 0.526. The first-order valence-corrected chi connectivity index (χ1v) is 8.78. The number of aryl methyl sites for hydroxylation is 2. The maximum absolute atomic E-state index is 12.8. The number of amides is 2. The summed E-state index contributed by atoms with van der Waals surface area (Å²) in [6.07, 6.45) is 1.75. The molecule has 2 heterocycles. The summed E-state index contributed by atoms with van der Waals surface area (Å²) in [6, 6.07) is 5.96. The van der Waals surface area contributed by atoms with Crippen molar-refractivity contribution in [3.05, 3.63) is 29.3 Å². The normalized spacial score (nSPS) is 23.8. The molecule has 0 radical (unpaired) electrons. The van der Waals surface area contributed by atoms with Crippen LogP contribution in [0.1, 0.15) is 30.4 Å². The smallest absolute Gasteiger partial charge is 0.308 e. The monoisotopic (exact) mass is 344 g/mol. The minimum atomic E-state index is -0.868. The molecule has 1 aromatic carbocycles. The van der Waals surface area contributed by atoms with E-state index in [-0.39, 0.29) is 18.4 Å². The Morgan fingerprint density at radius 2 is 1.76 bits per heavy atom. The highest BCUT2D eigenvalue weighted by molar-refractivity contribution is 6.09. The van der Waals surface area contributed by atoms with Crippen LogP contribution in [0.3, 0.4) is 0 Å². The molecular formula is C19H24N2O4. The standard InChI is InChI=1S/C19H24N2O4/c1-12-8-13(2)10-15(9-12)21-7-5-16(18(21)23)17(22)20-6-3-4-14(11-20)19(24)25/h8-10,14,16H,3-7,11H2,1-2H3,(H,24,25). The summed E-state index contributed by atoms with van der Waals surface area (Å²) >= 11 is 0. The van der Waals surface area contributed by atoms with Gasteiger partial charge in [0.15, 0.2) is 0 Å². The second-order valence-corrected chi connectivity index (χ2v) is 7.14. The van der Waals surface area contributed by atoms with Gasteiger partial charge in [0, 0.05) is 25.3 Å². The molecule has 0 bridgehead atoms. The lowest BCUT2D eigenvalue weighted by atomic mass is 9.96. The Morgan fingerprint density at radius 1 is 1.08 bits per heavy atom. The maximum Gasteiger partial charge on any atom is 0.308 e. The van der Waals surface area contributed by atoms with Crippen molar-refractivity contribution in [2.45, 2.75) is 33.1 Å². The highest BCUT2D eigenvalue weighted by Gasteiger charge is 2.41. The number of hydrogen-bond acceptors (Lipinski definition) is 3. The van der Waals surface area contributed by atoms with Crippen molar-refractivity contribution in [3.63, 3.8) is 0 Å². The third-order valence-corrected chi connectivity index (χ3v) is 5.10. The van der Waals surface area contributed by atoms with Gasteiger partial charge in [-0.1, -0.05) is 6.07 Å². The van der Waals surface area contributed by atoms with Gasteiger partial charge in [0.05, 0.1) is 5.92 Å². The fourth-order valence-corrected chi connectivity index (χ4v) is 3.87. The quantitative estimate of drug-likeness (QED) is 0.851. The molecule has 2 atom stereocenters. The molecule has 2 fully saturated rings. The van der Waals surface area contributed by atoms with Crippen molar-refractivity contribution in [2.75, 3.05) is 24.5 Å². The van der Waals surface area contributed by atoms with Crippen LogP contribution in [0.4, 0.5) is 5.69 Å². The van der Waals surface area contributed by atoms with E-state index in [4.69, 9.17) is 0 Å². The number of aliphatic carboxylic acids is 1. The summed E-state index contributed by atoms with van der Waals surface area (Å²) in [7, 11) is 0. The molecule has 1 N–H and O–H groups in total. The average molecular weight is 344 g/mol. The minimum Gasteiger partial charge on any atom is -0.481 e. The van der Waals surface area contributed by atoms with E-state index >= 15 is 0 Å². The van der Waals surface area contributed by atoms with Crippen molar-refractivity contribution in [2.24, 2.45) is 11.8 Å². The zero-order valence-electron chi connectivity index (χ0n) is 14.7. The van der Waals surface area contributed by atoms with Crippen LogP contribution < -0.4 is 4.90 Å². The second kappa shape index (κ2) is 6.86. The average Bonchev–Trinajstić information content (AvgIpc) is 2.95. The predicted molar refractivity (Wildman–Crippen MR) is 93.3 cm³/mol. The van der Waals surface area contributed by atoms with Crippen LogP contribution >= 0.6 is 0 Å². The molecule has 2 amide bonds. The lowest BCUT2D eigenvalue weighted by Gasteiger charge is -2.32. The number of benzene rings is 1. The number of piperidine rings is 1. The second-order valence-electron chi connectivity index (χ2n) is 7.14. The van der Waals surface area contributed by atoms with E-state index in [0.717, 1.165) is 16.8 Å². The third kappa shape index (κ3) is 3.52. The van der Waals surface area contributed by atoms with E-state index < -0.39 is 17.8 Å². The Morgan fingerprint density at radius 3 is 2.40 bits per heavy atom. The third-order valence-electron chi connectivity index (χ3n) is 5.10. The molecule has 0 saturated carbocycles. The molecular weight excluding hydrogens is 320 g/mol. The van der Waals surface area contributed by atoms with Gasteiger partial charge in [-0.15, -0.1) is 0 Å². The molecule has 134 valence electrons. The van der Waals surface area contributed by atoms with Gasteiger partial charge >= 0.3 is 5.97 Å². The van der Waals surface area contributed by atoms with Gasteiger partial charge < -0.3 is 14.9 Å². The van der Waals surface area contributed by atoms with Crippen LogP contribution in [0.25, 0.3) is 0 Å². The van der Waals surface area contributed by atoms with E-state index in [2.05, 4.69) is 0 Å². The molecule has 3 rings (SSSR count). The molecule has 2 unspecified atom stereocenters. The SMILES string of the molecule is Cc1cc(C)cc(N2CCC(C(=O)N3CCCC(C(=O)O)C3)C2=O)c1. The fourth-order valence-electron chi connectivity index (χ4n) is 3.87. The lowest BCUT2D eigenvalue weighted by molar-refractivity contribution is -0.147. The van der Waals surface area contributed by atoms with Crippen molar-refractivity contribution in [1.29, 1.82) is 0 Å². The highest BCUT2D eigenvalue weighted by atomic mass is 16.4. The summed E-state index contributed by atoms with van der Waals surface area (Å²) in [4.78, 5) is 40.0. The number of nitrogens with zero attached hydrogens (tertiary/aromatic N) is 2. The lowest BCUT2D eigenvalue weighted by Crippen LogP contribution is -2.46. The zero-order valence-corrected chi connectivity index (χ0v) is 14.7. The van der Waals surface area contributed by atoms with Crippen LogP contribution in [-0.4, -0.2) is 47.4 Å². The first-order chi connectivity index (χ1) is 11.9. The minimum absolute atomic E-state index is 0.174. The molecule has 0 aliphatic carbocycles. The summed E-state index contributed by atoms with van der Waals surface area (Å²) < 4.78 is 0. The number of carboxylic acid groups (broad SMARTS) is 1. The van der Waals surface area contributed by atoms with Crippen LogP contribution in [0, 0.1) is 25.7 Å². The number of rotatable bonds is 3. The molecule has 25 heavy (non-hydrogen) atoms. The number of carbonyl (C=O) groups excluding carboxylic acids is 2. The number of anilines is 1. The topological polar surface area (TPSA) is 77.9 Å². The molecule has 6 heteroatoms. The van der Waals surface area contributed by atoms with E-state index in [9.17, 15) is 19.5 Å². The number of carbonyl (C=O) groups is 3.